The summed E-state index contributed by atoms with van der Waals surface area (Å²) in [6.45, 7) is -1.33. The predicted molar refractivity (Wildman–Crippen MR) is 110 cm³/mol. The molecule has 166 valence electrons. The van der Waals surface area contributed by atoms with E-state index in [0.29, 0.717) is 11.3 Å². The van der Waals surface area contributed by atoms with Crippen molar-refractivity contribution in [3.8, 4) is 11.4 Å². The van der Waals surface area contributed by atoms with Crippen LogP contribution in [-0.4, -0.2) is 39.2 Å². The quantitative estimate of drug-likeness (QED) is 0.409. The third-order valence-electron chi connectivity index (χ3n) is 4.53. The number of aryl methyl sites for hydroxylation is 1. The molecule has 2 aromatic carbocycles. The zero-order chi connectivity index (χ0) is 23.4. The van der Waals surface area contributed by atoms with Gasteiger partial charge in [0.2, 0.25) is 5.43 Å². The number of para-hydroxylation sites is 2. The van der Waals surface area contributed by atoms with Gasteiger partial charge in [-0.3, -0.25) is 19.7 Å². The van der Waals surface area contributed by atoms with Crippen LogP contribution in [0.3, 0.4) is 0 Å². The first-order chi connectivity index (χ1) is 15.2. The van der Waals surface area contributed by atoms with Gasteiger partial charge in [0.05, 0.1) is 4.92 Å². The summed E-state index contributed by atoms with van der Waals surface area (Å²) in [7, 11) is 1.45. The second-order valence-corrected chi connectivity index (χ2v) is 6.84. The SMILES string of the molecule is Cc1cc(=O)c(C(=O)N(C)Cc2ccc(OC(F)F)cc2)nn1-c1ccccc1[N+](=O)[O-]. The highest BCUT2D eigenvalue weighted by atomic mass is 19.3. The molecule has 0 spiro atoms. The minimum absolute atomic E-state index is 0.0229. The van der Waals surface area contributed by atoms with Crippen molar-refractivity contribution in [2.24, 2.45) is 0 Å². The first-order valence-electron chi connectivity index (χ1n) is 9.31. The van der Waals surface area contributed by atoms with E-state index in [0.717, 1.165) is 0 Å². The molecule has 0 saturated heterocycles. The zero-order valence-electron chi connectivity index (χ0n) is 17.1. The van der Waals surface area contributed by atoms with E-state index in [1.54, 1.807) is 13.0 Å². The molecule has 0 radical (unpaired) electrons. The van der Waals surface area contributed by atoms with Gasteiger partial charge >= 0.3 is 6.61 Å². The molecule has 9 nitrogen and oxygen atoms in total. The lowest BCUT2D eigenvalue weighted by molar-refractivity contribution is -0.384. The summed E-state index contributed by atoms with van der Waals surface area (Å²) in [4.78, 5) is 37.3. The Bertz CT molecular complexity index is 1210. The Morgan fingerprint density at radius 3 is 2.50 bits per heavy atom. The van der Waals surface area contributed by atoms with Gasteiger partial charge in [-0.1, -0.05) is 24.3 Å². The van der Waals surface area contributed by atoms with Gasteiger partial charge in [0, 0.05) is 31.4 Å². The lowest BCUT2D eigenvalue weighted by Gasteiger charge is -2.18. The Kier molecular flexibility index (Phi) is 6.57. The molecular weight excluding hydrogens is 426 g/mol. The summed E-state index contributed by atoms with van der Waals surface area (Å²) in [5.74, 6) is -0.722. The van der Waals surface area contributed by atoms with Gasteiger partial charge in [-0.05, 0) is 30.7 Å². The number of rotatable bonds is 7. The highest BCUT2D eigenvalue weighted by Crippen LogP contribution is 2.22. The highest BCUT2D eigenvalue weighted by molar-refractivity contribution is 5.91. The van der Waals surface area contributed by atoms with Crippen molar-refractivity contribution in [1.29, 1.82) is 0 Å². The molecular formula is C21H18F2N4O5. The van der Waals surface area contributed by atoms with Crippen LogP contribution < -0.4 is 10.2 Å². The van der Waals surface area contributed by atoms with Crippen molar-refractivity contribution in [2.75, 3.05) is 7.05 Å². The molecule has 0 aliphatic rings. The molecule has 1 amide bonds. The van der Waals surface area contributed by atoms with Gasteiger partial charge < -0.3 is 9.64 Å². The van der Waals surface area contributed by atoms with E-state index in [9.17, 15) is 28.5 Å². The monoisotopic (exact) mass is 444 g/mol. The number of nitro benzene ring substituents is 1. The predicted octanol–water partition coefficient (Wildman–Crippen LogP) is 3.32. The molecule has 0 aliphatic carbocycles. The Balaban J connectivity index is 1.89. The normalized spacial score (nSPS) is 10.8. The highest BCUT2D eigenvalue weighted by Gasteiger charge is 2.22. The zero-order valence-corrected chi connectivity index (χ0v) is 17.1. The fourth-order valence-electron chi connectivity index (χ4n) is 3.04. The summed E-state index contributed by atoms with van der Waals surface area (Å²) in [5, 5.41) is 15.5. The summed E-state index contributed by atoms with van der Waals surface area (Å²) in [5.41, 5.74) is -0.235. The van der Waals surface area contributed by atoms with Gasteiger partial charge in [-0.25, -0.2) is 4.68 Å². The Labute approximate surface area is 180 Å². The van der Waals surface area contributed by atoms with Crippen LogP contribution in [0.2, 0.25) is 0 Å². The first-order valence-corrected chi connectivity index (χ1v) is 9.31. The van der Waals surface area contributed by atoms with E-state index in [1.807, 2.05) is 0 Å². The van der Waals surface area contributed by atoms with Crippen LogP contribution in [0.25, 0.3) is 5.69 Å². The van der Waals surface area contributed by atoms with Crippen LogP contribution >= 0.6 is 0 Å². The van der Waals surface area contributed by atoms with Crippen LogP contribution in [0.15, 0.2) is 59.4 Å². The maximum absolute atomic E-state index is 12.9. The molecule has 1 aromatic heterocycles. The fraction of sp³-hybridized carbons (Fsp3) is 0.190. The van der Waals surface area contributed by atoms with Crippen LogP contribution in [0.5, 0.6) is 5.75 Å². The van der Waals surface area contributed by atoms with Crippen molar-refractivity contribution in [2.45, 2.75) is 20.1 Å². The van der Waals surface area contributed by atoms with E-state index in [1.165, 1.54) is 65.2 Å². The number of benzene rings is 2. The number of carbonyl (C=O) groups excluding carboxylic acids is 1. The molecule has 0 fully saturated rings. The molecule has 0 aliphatic heterocycles. The smallest absolute Gasteiger partial charge is 0.387 e. The van der Waals surface area contributed by atoms with Crippen molar-refractivity contribution in [3.05, 3.63) is 91.9 Å². The van der Waals surface area contributed by atoms with Gasteiger partial charge in [-0.15, -0.1) is 0 Å². The number of hydrogen-bond donors (Lipinski definition) is 0. The number of nitrogens with zero attached hydrogens (tertiary/aromatic N) is 4. The van der Waals surface area contributed by atoms with Crippen LogP contribution in [0, 0.1) is 17.0 Å². The van der Waals surface area contributed by atoms with Crippen molar-refractivity contribution < 1.29 is 23.2 Å². The number of alkyl halides is 2. The Hall–Kier alpha value is -4.15. The number of amides is 1. The van der Waals surface area contributed by atoms with Crippen molar-refractivity contribution in [3.63, 3.8) is 0 Å². The van der Waals surface area contributed by atoms with E-state index in [-0.39, 0.29) is 23.7 Å². The molecule has 3 rings (SSSR count). The molecule has 3 aromatic rings. The first kappa shape index (κ1) is 22.5. The van der Waals surface area contributed by atoms with Crippen molar-refractivity contribution in [1.82, 2.24) is 14.7 Å². The summed E-state index contributed by atoms with van der Waals surface area (Å²) >= 11 is 0. The molecule has 0 unspecified atom stereocenters. The Morgan fingerprint density at radius 2 is 1.88 bits per heavy atom. The topological polar surface area (TPSA) is 108 Å². The van der Waals surface area contributed by atoms with Gasteiger partial charge in [0.15, 0.2) is 5.69 Å². The maximum atomic E-state index is 12.9. The van der Waals surface area contributed by atoms with E-state index < -0.39 is 28.6 Å². The fourth-order valence-corrected chi connectivity index (χ4v) is 3.04. The molecule has 0 atom stereocenters. The minimum Gasteiger partial charge on any atom is -0.435 e. The lowest BCUT2D eigenvalue weighted by atomic mass is 10.2. The molecule has 1 heterocycles. The molecule has 0 saturated carbocycles. The van der Waals surface area contributed by atoms with Gasteiger partial charge in [0.1, 0.15) is 11.4 Å². The number of aromatic nitrogens is 2. The summed E-state index contributed by atoms with van der Waals surface area (Å²) in [6.07, 6.45) is 0. The second kappa shape index (κ2) is 9.33. The molecule has 32 heavy (non-hydrogen) atoms. The second-order valence-electron chi connectivity index (χ2n) is 6.84. The van der Waals surface area contributed by atoms with Crippen LogP contribution in [-0.2, 0) is 6.54 Å². The third kappa shape index (κ3) is 4.94. The number of carbonyl (C=O) groups is 1. The average molecular weight is 444 g/mol. The molecule has 11 heteroatoms. The Morgan fingerprint density at radius 1 is 1.22 bits per heavy atom. The summed E-state index contributed by atoms with van der Waals surface area (Å²) < 4.78 is 30.0. The van der Waals surface area contributed by atoms with Crippen LogP contribution in [0.4, 0.5) is 14.5 Å². The standard InChI is InChI=1S/C21H18F2N4O5/c1-13-11-18(28)19(24-26(13)16-5-3-4-6-17(16)27(30)31)20(29)25(2)12-14-7-9-15(10-8-14)32-21(22)23/h3-11,21H,12H2,1-2H3. The third-order valence-corrected chi connectivity index (χ3v) is 4.53. The number of ether oxygens (including phenoxy) is 1. The largest absolute Gasteiger partial charge is 0.435 e. The van der Waals surface area contributed by atoms with E-state index >= 15 is 0 Å². The van der Waals surface area contributed by atoms with Crippen molar-refractivity contribution >= 4 is 11.6 Å². The minimum atomic E-state index is -2.94. The average Bonchev–Trinajstić information content (AvgIpc) is 2.74. The molecule has 0 N–H and O–H groups in total. The van der Waals surface area contributed by atoms with Gasteiger partial charge in [-0.2, -0.15) is 13.9 Å². The van der Waals surface area contributed by atoms with E-state index in [4.69, 9.17) is 0 Å². The lowest BCUT2D eigenvalue weighted by Crippen LogP contribution is -2.33. The number of halogens is 2. The number of hydrogen-bond acceptors (Lipinski definition) is 6. The summed E-state index contributed by atoms with van der Waals surface area (Å²) in [6, 6.07) is 12.7. The maximum Gasteiger partial charge on any atom is 0.387 e. The molecule has 0 bridgehead atoms. The van der Waals surface area contributed by atoms with Gasteiger partial charge in [0.25, 0.3) is 11.6 Å². The number of nitro groups is 1. The van der Waals surface area contributed by atoms with Crippen LogP contribution in [0.1, 0.15) is 21.7 Å². The van der Waals surface area contributed by atoms with E-state index in [2.05, 4.69) is 9.84 Å².